The zero-order chi connectivity index (χ0) is 5.98. The highest BCUT2D eigenvalue weighted by atomic mass is 14.1. The molecule has 0 aromatic heterocycles. The molecule has 0 fully saturated rings. The van der Waals surface area contributed by atoms with Crippen molar-refractivity contribution >= 4 is 0 Å². The zero-order valence-electron chi connectivity index (χ0n) is 5.35. The van der Waals surface area contributed by atoms with Gasteiger partial charge in [0, 0.05) is 0 Å². The van der Waals surface area contributed by atoms with Gasteiger partial charge in [-0.3, -0.25) is 0 Å². The summed E-state index contributed by atoms with van der Waals surface area (Å²) in [6.45, 7) is 5.98. The lowest BCUT2D eigenvalue weighted by atomic mass is 10.1. The van der Waals surface area contributed by atoms with E-state index in [1.165, 1.54) is 18.4 Å². The molecule has 0 nitrogen and oxygen atoms in total. The van der Waals surface area contributed by atoms with Gasteiger partial charge in [0.25, 0.3) is 0 Å². The van der Waals surface area contributed by atoms with E-state index >= 15 is 0 Å². The van der Waals surface area contributed by atoms with Gasteiger partial charge in [0.2, 0.25) is 0 Å². The van der Waals surface area contributed by atoms with Crippen molar-refractivity contribution in [2.75, 3.05) is 0 Å². The van der Waals surface area contributed by atoms with Crippen molar-refractivity contribution in [3.63, 3.8) is 0 Å². The van der Waals surface area contributed by atoms with Gasteiger partial charge in [-0.2, -0.15) is 0 Å². The summed E-state index contributed by atoms with van der Waals surface area (Å²) in [5.74, 6) is 0.864. The Bertz CT molecular complexity index is 120. The van der Waals surface area contributed by atoms with Gasteiger partial charge in [0.05, 0.1) is 0 Å². The van der Waals surface area contributed by atoms with Crippen molar-refractivity contribution in [1.82, 2.24) is 0 Å². The Morgan fingerprint density at radius 2 is 2.62 bits per heavy atom. The Morgan fingerprint density at radius 3 is 2.88 bits per heavy atom. The molecule has 0 aliphatic heterocycles. The highest BCUT2D eigenvalue weighted by Crippen LogP contribution is 2.23. The van der Waals surface area contributed by atoms with Crippen molar-refractivity contribution in [1.29, 1.82) is 0 Å². The van der Waals surface area contributed by atoms with Crippen molar-refractivity contribution in [3.05, 3.63) is 24.3 Å². The Hall–Kier alpha value is -0.520. The lowest BCUT2D eigenvalue weighted by Crippen LogP contribution is -1.82. The lowest BCUT2D eigenvalue weighted by Gasteiger charge is -1.95. The molecule has 1 aliphatic rings. The third-order valence-corrected chi connectivity index (χ3v) is 1.63. The fourth-order valence-electron chi connectivity index (χ4n) is 1.09. The third kappa shape index (κ3) is 1.00. The summed E-state index contributed by atoms with van der Waals surface area (Å²) in [6, 6.07) is 0. The van der Waals surface area contributed by atoms with Gasteiger partial charge in [-0.1, -0.05) is 31.2 Å². The monoisotopic (exact) mass is 108 g/mol. The smallest absolute Gasteiger partial charge is 0.0253 e. The summed E-state index contributed by atoms with van der Waals surface area (Å²) in [6.07, 6.45) is 6.73. The molecule has 0 aromatic carbocycles. The Kier molecular flexibility index (Phi) is 1.52. The van der Waals surface area contributed by atoms with Gasteiger partial charge in [-0.05, 0) is 18.8 Å². The van der Waals surface area contributed by atoms with Crippen LogP contribution in [0.2, 0.25) is 0 Å². The Balaban J connectivity index is 2.49. The quantitative estimate of drug-likeness (QED) is 0.484. The number of allylic oxidation sites excluding steroid dienone is 3. The van der Waals surface area contributed by atoms with Gasteiger partial charge in [0.1, 0.15) is 0 Å². The summed E-state index contributed by atoms with van der Waals surface area (Å²) in [5.41, 5.74) is 1.43. The molecule has 0 heteroatoms. The van der Waals surface area contributed by atoms with Crippen LogP contribution in [0.25, 0.3) is 0 Å². The predicted octanol–water partition coefficient (Wildman–Crippen LogP) is 2.53. The van der Waals surface area contributed by atoms with Gasteiger partial charge < -0.3 is 0 Å². The van der Waals surface area contributed by atoms with Crippen molar-refractivity contribution in [2.24, 2.45) is 5.92 Å². The first kappa shape index (κ1) is 5.61. The standard InChI is InChI=1S/C8H12/c1-3-8-5-4-7(2)6-8/h3,5,7H,1,4,6H2,2H3. The van der Waals surface area contributed by atoms with Gasteiger partial charge in [-0.25, -0.2) is 0 Å². The molecule has 0 heterocycles. The molecule has 0 amide bonds. The molecular formula is C8H12. The van der Waals surface area contributed by atoms with Gasteiger partial charge in [-0.15, -0.1) is 0 Å². The molecule has 0 N–H and O–H groups in total. The number of hydrogen-bond acceptors (Lipinski definition) is 0. The average Bonchev–Trinajstić information content (AvgIpc) is 2.14. The predicted molar refractivity (Wildman–Crippen MR) is 36.7 cm³/mol. The summed E-state index contributed by atoms with van der Waals surface area (Å²) in [5, 5.41) is 0. The summed E-state index contributed by atoms with van der Waals surface area (Å²) < 4.78 is 0. The largest absolute Gasteiger partial charge is 0.0988 e. The van der Waals surface area contributed by atoms with Gasteiger partial charge >= 0.3 is 0 Å². The molecule has 44 valence electrons. The van der Waals surface area contributed by atoms with Crippen LogP contribution < -0.4 is 0 Å². The number of hydrogen-bond donors (Lipinski definition) is 0. The highest BCUT2D eigenvalue weighted by Gasteiger charge is 2.08. The maximum atomic E-state index is 3.71. The highest BCUT2D eigenvalue weighted by molar-refractivity contribution is 5.20. The van der Waals surface area contributed by atoms with E-state index in [0.717, 1.165) is 5.92 Å². The summed E-state index contributed by atoms with van der Waals surface area (Å²) in [4.78, 5) is 0. The molecule has 8 heavy (non-hydrogen) atoms. The normalized spacial score (nSPS) is 27.6. The average molecular weight is 108 g/mol. The van der Waals surface area contributed by atoms with Crippen LogP contribution in [0.5, 0.6) is 0 Å². The van der Waals surface area contributed by atoms with E-state index in [4.69, 9.17) is 0 Å². The molecule has 0 spiro atoms. The summed E-state index contributed by atoms with van der Waals surface area (Å²) in [7, 11) is 0. The number of rotatable bonds is 1. The molecule has 1 rings (SSSR count). The van der Waals surface area contributed by atoms with Crippen LogP contribution in [0, 0.1) is 5.92 Å². The maximum Gasteiger partial charge on any atom is -0.0253 e. The minimum absolute atomic E-state index is 0.864. The van der Waals surface area contributed by atoms with E-state index in [2.05, 4.69) is 19.6 Å². The minimum atomic E-state index is 0.864. The molecule has 0 aromatic rings. The van der Waals surface area contributed by atoms with E-state index in [-0.39, 0.29) is 0 Å². The fraction of sp³-hybridized carbons (Fsp3) is 0.500. The first-order valence-corrected chi connectivity index (χ1v) is 3.14. The van der Waals surface area contributed by atoms with E-state index in [1.54, 1.807) is 0 Å². The molecule has 1 atom stereocenters. The first-order valence-electron chi connectivity index (χ1n) is 3.14. The Labute approximate surface area is 50.9 Å². The van der Waals surface area contributed by atoms with Gasteiger partial charge in [0.15, 0.2) is 0 Å². The molecule has 0 saturated carbocycles. The lowest BCUT2D eigenvalue weighted by molar-refractivity contribution is 0.632. The Morgan fingerprint density at radius 1 is 1.88 bits per heavy atom. The maximum absolute atomic E-state index is 3.71. The first-order chi connectivity index (χ1) is 3.83. The summed E-state index contributed by atoms with van der Waals surface area (Å²) >= 11 is 0. The van der Waals surface area contributed by atoms with Crippen LogP contribution in [0.15, 0.2) is 24.3 Å². The molecule has 0 bridgehead atoms. The van der Waals surface area contributed by atoms with E-state index in [1.807, 2.05) is 6.08 Å². The van der Waals surface area contributed by atoms with E-state index in [9.17, 15) is 0 Å². The van der Waals surface area contributed by atoms with Crippen LogP contribution in [0.4, 0.5) is 0 Å². The van der Waals surface area contributed by atoms with E-state index in [0.29, 0.717) is 0 Å². The van der Waals surface area contributed by atoms with Crippen LogP contribution >= 0.6 is 0 Å². The fourth-order valence-corrected chi connectivity index (χ4v) is 1.09. The topological polar surface area (TPSA) is 0 Å². The SMILES string of the molecule is C=CC1=CCC(C)C1. The van der Waals surface area contributed by atoms with Crippen LogP contribution in [0.1, 0.15) is 19.8 Å². The third-order valence-electron chi connectivity index (χ3n) is 1.63. The van der Waals surface area contributed by atoms with Crippen LogP contribution in [-0.4, -0.2) is 0 Å². The van der Waals surface area contributed by atoms with Crippen molar-refractivity contribution in [2.45, 2.75) is 19.8 Å². The van der Waals surface area contributed by atoms with Crippen LogP contribution in [0.3, 0.4) is 0 Å². The molecule has 0 saturated heterocycles. The van der Waals surface area contributed by atoms with Crippen molar-refractivity contribution in [3.8, 4) is 0 Å². The van der Waals surface area contributed by atoms with E-state index < -0.39 is 0 Å². The second kappa shape index (κ2) is 2.17. The minimum Gasteiger partial charge on any atom is -0.0988 e. The zero-order valence-corrected chi connectivity index (χ0v) is 5.35. The van der Waals surface area contributed by atoms with Crippen LogP contribution in [-0.2, 0) is 0 Å². The molecule has 0 radical (unpaired) electrons. The second-order valence-corrected chi connectivity index (χ2v) is 2.53. The molecule has 1 unspecified atom stereocenters. The molecule has 1 aliphatic carbocycles. The van der Waals surface area contributed by atoms with Crippen molar-refractivity contribution < 1.29 is 0 Å². The molecular weight excluding hydrogens is 96.1 g/mol. The second-order valence-electron chi connectivity index (χ2n) is 2.53.